The summed E-state index contributed by atoms with van der Waals surface area (Å²) in [7, 11) is 0. The molecular weight excluding hydrogens is 416 g/mol. The average molecular weight is 440 g/mol. The van der Waals surface area contributed by atoms with E-state index >= 15 is 0 Å². The van der Waals surface area contributed by atoms with E-state index in [-0.39, 0.29) is 36.4 Å². The number of benzene rings is 2. The first-order valence-corrected chi connectivity index (χ1v) is 9.17. The number of halogens is 3. The third kappa shape index (κ3) is 5.41. The van der Waals surface area contributed by atoms with Crippen LogP contribution in [0.25, 0.3) is 11.1 Å². The van der Waals surface area contributed by atoms with E-state index in [1.54, 1.807) is 10.6 Å². The normalized spacial score (nSPS) is 14.7. The third-order valence-corrected chi connectivity index (χ3v) is 4.96. The van der Waals surface area contributed by atoms with Gasteiger partial charge >= 0.3 is 5.76 Å². The Labute approximate surface area is 181 Å². The molecule has 0 saturated carbocycles. The average Bonchev–Trinajstić information content (AvgIpc) is 3.02. The van der Waals surface area contributed by atoms with Crippen molar-refractivity contribution in [3.63, 3.8) is 0 Å². The van der Waals surface area contributed by atoms with Gasteiger partial charge in [-0.2, -0.15) is 0 Å². The summed E-state index contributed by atoms with van der Waals surface area (Å²) in [6, 6.07) is 14.1. The van der Waals surface area contributed by atoms with Gasteiger partial charge in [0.1, 0.15) is 5.82 Å². The maximum atomic E-state index is 13.0. The lowest BCUT2D eigenvalue weighted by atomic mass is 10.2. The molecule has 0 N–H and O–H groups in total. The smallest absolute Gasteiger partial charge is 0.408 e. The molecular formula is C21H24Cl2FN3O2. The number of fused-ring (bicyclic) bond motifs is 1. The van der Waals surface area contributed by atoms with Crippen LogP contribution in [0.3, 0.4) is 0 Å². The minimum atomic E-state index is -0.325. The number of piperazine rings is 1. The summed E-state index contributed by atoms with van der Waals surface area (Å²) in [5.74, 6) is -0.527. The van der Waals surface area contributed by atoms with Gasteiger partial charge < -0.3 is 9.32 Å². The molecule has 0 unspecified atom stereocenters. The molecule has 3 aromatic rings. The van der Waals surface area contributed by atoms with Gasteiger partial charge in [-0.05, 0) is 36.4 Å². The number of rotatable bonds is 5. The number of nitrogens with zero attached hydrogens (tertiary/aromatic N) is 3. The number of aromatic nitrogens is 1. The number of hydrogen-bond acceptors (Lipinski definition) is 4. The van der Waals surface area contributed by atoms with Crippen molar-refractivity contribution >= 4 is 41.6 Å². The van der Waals surface area contributed by atoms with E-state index in [0.29, 0.717) is 12.1 Å². The van der Waals surface area contributed by atoms with Crippen molar-refractivity contribution in [2.45, 2.75) is 6.54 Å². The second kappa shape index (κ2) is 10.5. The lowest BCUT2D eigenvalue weighted by molar-refractivity contribution is 0.284. The molecule has 0 amide bonds. The van der Waals surface area contributed by atoms with Gasteiger partial charge in [-0.25, -0.2) is 9.18 Å². The predicted molar refractivity (Wildman–Crippen MR) is 119 cm³/mol. The Balaban J connectivity index is 0.00000150. The molecule has 1 saturated heterocycles. The summed E-state index contributed by atoms with van der Waals surface area (Å²) >= 11 is 0. The Bertz CT molecular complexity index is 993. The van der Waals surface area contributed by atoms with Crippen LogP contribution in [-0.4, -0.2) is 42.2 Å². The van der Waals surface area contributed by atoms with Gasteiger partial charge in [0.05, 0.1) is 5.52 Å². The van der Waals surface area contributed by atoms with Gasteiger partial charge in [-0.3, -0.25) is 9.47 Å². The Morgan fingerprint density at radius 2 is 1.55 bits per heavy atom. The van der Waals surface area contributed by atoms with Crippen LogP contribution in [0.2, 0.25) is 0 Å². The van der Waals surface area contributed by atoms with Crippen LogP contribution in [0, 0.1) is 5.82 Å². The van der Waals surface area contributed by atoms with Crippen LogP contribution in [0.4, 0.5) is 10.1 Å². The topological polar surface area (TPSA) is 41.6 Å². The fraction of sp³-hybridized carbons (Fsp3) is 0.286. The number of anilines is 1. The molecule has 0 atom stereocenters. The first-order chi connectivity index (χ1) is 13.2. The Morgan fingerprint density at radius 1 is 0.897 bits per heavy atom. The highest BCUT2D eigenvalue weighted by Gasteiger charge is 2.16. The molecule has 8 heteroatoms. The minimum Gasteiger partial charge on any atom is -0.408 e. The third-order valence-electron chi connectivity index (χ3n) is 4.96. The van der Waals surface area contributed by atoms with Crippen LogP contribution in [0.15, 0.2) is 69.9 Å². The first-order valence-electron chi connectivity index (χ1n) is 9.17. The first kappa shape index (κ1) is 23.0. The fourth-order valence-electron chi connectivity index (χ4n) is 3.43. The van der Waals surface area contributed by atoms with E-state index in [4.69, 9.17) is 4.42 Å². The monoisotopic (exact) mass is 439 g/mol. The molecule has 1 aromatic heterocycles. The van der Waals surface area contributed by atoms with Gasteiger partial charge in [0.25, 0.3) is 0 Å². The number of hydrogen-bond donors (Lipinski definition) is 0. The van der Waals surface area contributed by atoms with Crippen molar-refractivity contribution in [1.82, 2.24) is 9.47 Å². The summed E-state index contributed by atoms with van der Waals surface area (Å²) in [6.45, 7) is 5.11. The van der Waals surface area contributed by atoms with Gasteiger partial charge in [0.15, 0.2) is 5.58 Å². The molecule has 2 heterocycles. The Kier molecular flexibility index (Phi) is 8.32. The summed E-state index contributed by atoms with van der Waals surface area (Å²) in [5, 5.41) is 0. The maximum absolute atomic E-state index is 13.0. The quantitative estimate of drug-likeness (QED) is 0.564. The lowest BCUT2D eigenvalue weighted by Crippen LogP contribution is -2.46. The standard InChI is InChI=1S/C21H22FN3O2.2ClH/c22-17-7-9-18(10-8-17)24-15-13-23(14-16-24)11-3-4-12-25-19-5-1-2-6-20(19)27-21(25)26;;/h1-10H,11-16H2;2*1H/b4-3-;;. The maximum Gasteiger partial charge on any atom is 0.420 e. The zero-order valence-corrected chi connectivity index (χ0v) is 17.5. The fourth-order valence-corrected chi connectivity index (χ4v) is 3.43. The molecule has 29 heavy (non-hydrogen) atoms. The molecule has 1 fully saturated rings. The minimum absolute atomic E-state index is 0. The molecule has 156 valence electrons. The molecule has 2 aromatic carbocycles. The van der Waals surface area contributed by atoms with Gasteiger partial charge in [-0.1, -0.05) is 24.3 Å². The number of para-hydroxylation sites is 2. The van der Waals surface area contributed by atoms with Crippen molar-refractivity contribution < 1.29 is 8.81 Å². The van der Waals surface area contributed by atoms with Crippen LogP contribution in [0.5, 0.6) is 0 Å². The zero-order chi connectivity index (χ0) is 18.6. The van der Waals surface area contributed by atoms with Crippen molar-refractivity contribution in [1.29, 1.82) is 0 Å². The summed E-state index contributed by atoms with van der Waals surface area (Å²) in [5.41, 5.74) is 2.51. The predicted octanol–water partition coefficient (Wildman–Crippen LogP) is 3.96. The molecule has 0 spiro atoms. The molecule has 4 rings (SSSR count). The van der Waals surface area contributed by atoms with E-state index in [2.05, 4.69) is 15.9 Å². The van der Waals surface area contributed by atoms with Gasteiger partial charge in [0.2, 0.25) is 0 Å². The zero-order valence-electron chi connectivity index (χ0n) is 15.9. The van der Waals surface area contributed by atoms with E-state index in [9.17, 15) is 9.18 Å². The summed E-state index contributed by atoms with van der Waals surface area (Å²) < 4.78 is 19.9. The second-order valence-electron chi connectivity index (χ2n) is 6.68. The van der Waals surface area contributed by atoms with E-state index in [1.807, 2.05) is 36.4 Å². The molecule has 1 aliphatic heterocycles. The molecule has 0 radical (unpaired) electrons. The van der Waals surface area contributed by atoms with Crippen LogP contribution >= 0.6 is 24.8 Å². The van der Waals surface area contributed by atoms with Gasteiger partial charge in [-0.15, -0.1) is 24.8 Å². The Hall–Kier alpha value is -2.28. The lowest BCUT2D eigenvalue weighted by Gasteiger charge is -2.35. The van der Waals surface area contributed by atoms with Crippen LogP contribution in [-0.2, 0) is 6.54 Å². The highest BCUT2D eigenvalue weighted by molar-refractivity contribution is 5.85. The van der Waals surface area contributed by atoms with Crippen LogP contribution < -0.4 is 10.7 Å². The van der Waals surface area contributed by atoms with Crippen molar-refractivity contribution in [2.24, 2.45) is 0 Å². The number of allylic oxidation sites excluding steroid dienone is 1. The van der Waals surface area contributed by atoms with Crippen LogP contribution in [0.1, 0.15) is 0 Å². The highest BCUT2D eigenvalue weighted by atomic mass is 35.5. The molecule has 0 bridgehead atoms. The Morgan fingerprint density at radius 3 is 2.28 bits per heavy atom. The highest BCUT2D eigenvalue weighted by Crippen LogP contribution is 2.17. The van der Waals surface area contributed by atoms with Crippen molar-refractivity contribution in [3.8, 4) is 0 Å². The molecule has 5 nitrogen and oxygen atoms in total. The molecule has 0 aliphatic carbocycles. The second-order valence-corrected chi connectivity index (χ2v) is 6.68. The number of oxazole rings is 1. The summed E-state index contributed by atoms with van der Waals surface area (Å²) in [4.78, 5) is 16.6. The molecule has 1 aliphatic rings. The largest absolute Gasteiger partial charge is 0.420 e. The SMILES string of the molecule is Cl.Cl.O=c1oc2ccccc2n1C/C=C\CN1CCN(c2ccc(F)cc2)CC1. The van der Waals surface area contributed by atoms with E-state index < -0.39 is 0 Å². The van der Waals surface area contributed by atoms with Crippen molar-refractivity contribution in [2.75, 3.05) is 37.6 Å². The van der Waals surface area contributed by atoms with Gasteiger partial charge in [0, 0.05) is 45.0 Å². The van der Waals surface area contributed by atoms with E-state index in [0.717, 1.165) is 43.9 Å². The van der Waals surface area contributed by atoms with Crippen molar-refractivity contribution in [3.05, 3.63) is 77.1 Å². The summed E-state index contributed by atoms with van der Waals surface area (Å²) in [6.07, 6.45) is 4.11. The van der Waals surface area contributed by atoms with E-state index in [1.165, 1.54) is 12.1 Å².